The van der Waals surface area contributed by atoms with Crippen LogP contribution in [0.2, 0.25) is 5.02 Å². The summed E-state index contributed by atoms with van der Waals surface area (Å²) in [6.07, 6.45) is -3.92. The van der Waals surface area contributed by atoms with Gasteiger partial charge in [0.2, 0.25) is 11.9 Å². The Hall–Kier alpha value is -5.78. The zero-order valence-electron chi connectivity index (χ0n) is 27.3. The van der Waals surface area contributed by atoms with E-state index < -0.39 is 23.9 Å². The number of alkyl halides is 6. The molecule has 0 spiro atoms. The number of fused-ring (bicyclic) bond motifs is 6. The van der Waals surface area contributed by atoms with Gasteiger partial charge in [-0.05, 0) is 72.7 Å². The summed E-state index contributed by atoms with van der Waals surface area (Å²) in [7, 11) is 0. The number of pyridine rings is 1. The zero-order chi connectivity index (χ0) is 38.3. The molecule has 3 amide bonds. The molecule has 2 aromatic heterocycles. The van der Waals surface area contributed by atoms with Crippen molar-refractivity contribution in [3.05, 3.63) is 89.3 Å². The second kappa shape index (κ2) is 16.3. The number of halogens is 7. The van der Waals surface area contributed by atoms with E-state index in [9.17, 15) is 45.5 Å². The van der Waals surface area contributed by atoms with E-state index in [1.54, 1.807) is 17.3 Å². The molecule has 1 fully saturated rings. The van der Waals surface area contributed by atoms with Crippen LogP contribution in [0.25, 0.3) is 0 Å². The van der Waals surface area contributed by atoms with Gasteiger partial charge in [-0.25, -0.2) is 9.78 Å². The summed E-state index contributed by atoms with van der Waals surface area (Å²) < 4.78 is 67.0. The first kappa shape index (κ1) is 38.5. The SMILES string of the molecule is O=C(C(=O)C(F)(F)F)C(F)(F)F.O=C(C[C@@H]1CCN(C(=O)Nc2ccccc2)C1)Nc1ccc2cc1CCc1cncc(c1)Nc1ncc(Cl)c(n1)N2. The van der Waals surface area contributed by atoms with Crippen molar-refractivity contribution in [2.75, 3.05) is 34.4 Å². The minimum atomic E-state index is -5.77. The summed E-state index contributed by atoms with van der Waals surface area (Å²) in [6.45, 7) is 1.17. The van der Waals surface area contributed by atoms with Crippen molar-refractivity contribution in [3.63, 3.8) is 0 Å². The number of rotatable bonds is 5. The van der Waals surface area contributed by atoms with E-state index in [1.165, 1.54) is 0 Å². The summed E-state index contributed by atoms with van der Waals surface area (Å²) in [4.78, 5) is 59.9. The zero-order valence-corrected chi connectivity index (χ0v) is 28.1. The highest BCUT2D eigenvalue weighted by Gasteiger charge is 2.54. The average molecular weight is 763 g/mol. The van der Waals surface area contributed by atoms with Gasteiger partial charge in [-0.2, -0.15) is 31.3 Å². The molecule has 1 atom stereocenters. The molecule has 0 saturated carbocycles. The van der Waals surface area contributed by atoms with Gasteiger partial charge in [0.15, 0.2) is 5.82 Å². The Balaban J connectivity index is 0.000000390. The molecule has 19 heteroatoms. The van der Waals surface area contributed by atoms with Gasteiger partial charge in [-0.15, -0.1) is 0 Å². The Morgan fingerprint density at radius 2 is 1.57 bits per heavy atom. The summed E-state index contributed by atoms with van der Waals surface area (Å²) in [5.74, 6) is -5.92. The van der Waals surface area contributed by atoms with Crippen LogP contribution in [0.5, 0.6) is 0 Å². The van der Waals surface area contributed by atoms with E-state index in [1.807, 2.05) is 60.8 Å². The highest BCUT2D eigenvalue weighted by Crippen LogP contribution is 2.30. The third-order valence-electron chi connectivity index (χ3n) is 7.91. The fraction of sp³-hybridized carbons (Fsp3) is 0.265. The van der Waals surface area contributed by atoms with Crippen molar-refractivity contribution in [3.8, 4) is 0 Å². The topological polar surface area (TPSA) is 158 Å². The molecule has 2 aliphatic heterocycles. The van der Waals surface area contributed by atoms with Crippen molar-refractivity contribution >= 4 is 69.6 Å². The minimum Gasteiger partial charge on any atom is -0.339 e. The van der Waals surface area contributed by atoms with Crippen LogP contribution >= 0.6 is 11.6 Å². The molecule has 0 aliphatic carbocycles. The monoisotopic (exact) mass is 762 g/mol. The normalized spacial score (nSPS) is 15.2. The molecule has 12 nitrogen and oxygen atoms in total. The van der Waals surface area contributed by atoms with Crippen LogP contribution in [0.4, 0.5) is 65.7 Å². The summed E-state index contributed by atoms with van der Waals surface area (Å²) in [5.41, 5.74) is 5.10. The van der Waals surface area contributed by atoms with Gasteiger partial charge < -0.3 is 26.2 Å². The van der Waals surface area contributed by atoms with Crippen LogP contribution < -0.4 is 21.3 Å². The molecule has 0 radical (unpaired) electrons. The Kier molecular flexibility index (Phi) is 11.8. The van der Waals surface area contributed by atoms with Crippen molar-refractivity contribution in [1.82, 2.24) is 19.9 Å². The third-order valence-corrected chi connectivity index (χ3v) is 8.19. The first-order valence-electron chi connectivity index (χ1n) is 15.8. The summed E-state index contributed by atoms with van der Waals surface area (Å²) >= 11 is 6.37. The molecular weight excluding hydrogens is 734 g/mol. The predicted molar refractivity (Wildman–Crippen MR) is 182 cm³/mol. The molecule has 6 rings (SSSR count). The average Bonchev–Trinajstić information content (AvgIpc) is 3.57. The van der Waals surface area contributed by atoms with Crippen LogP contribution in [0.15, 0.2) is 73.2 Å². The standard InChI is InChI=1S/C30H29ClN8O2.C4F6O2/c31-25-17-33-29-35-24-12-19(15-32-16-24)6-7-21-14-23(34-28(25)38-29)8-9-26(21)37-27(40)13-20-10-11-39(18-20)30(41)36-22-4-2-1-3-5-22;5-3(6,7)1(11)2(12)4(8,9)10/h1-5,8-9,12,14-17,20H,6-7,10-11,13,18H2,(H,36,41)(H,37,40)(H2,33,34,35,38);/t20-;/m0./s1. The Bertz CT molecular complexity index is 1970. The van der Waals surface area contributed by atoms with E-state index in [-0.39, 0.29) is 17.9 Å². The third kappa shape index (κ3) is 10.6. The number of aromatic nitrogens is 3. The summed E-state index contributed by atoms with van der Waals surface area (Å²) in [6, 6.07) is 17.0. The van der Waals surface area contributed by atoms with Gasteiger partial charge in [0.05, 0.1) is 18.1 Å². The molecule has 0 unspecified atom stereocenters. The van der Waals surface area contributed by atoms with Crippen LogP contribution in [0.3, 0.4) is 0 Å². The first-order chi connectivity index (χ1) is 25.0. The van der Waals surface area contributed by atoms with Crippen LogP contribution in [-0.4, -0.2) is 68.8 Å². The van der Waals surface area contributed by atoms with Gasteiger partial charge in [0.1, 0.15) is 5.02 Å². The van der Waals surface area contributed by atoms with E-state index in [0.717, 1.165) is 46.7 Å². The molecule has 1 saturated heterocycles. The lowest BCUT2D eigenvalue weighted by Crippen LogP contribution is -2.39. The lowest BCUT2D eigenvalue weighted by Gasteiger charge is -2.18. The number of urea groups is 1. The van der Waals surface area contributed by atoms with Gasteiger partial charge in [-0.1, -0.05) is 29.8 Å². The van der Waals surface area contributed by atoms with Gasteiger partial charge in [0, 0.05) is 42.8 Å². The van der Waals surface area contributed by atoms with Gasteiger partial charge in [0.25, 0.3) is 0 Å². The fourth-order valence-electron chi connectivity index (χ4n) is 5.38. The molecule has 4 N–H and O–H groups in total. The highest BCUT2D eigenvalue weighted by atomic mass is 35.5. The van der Waals surface area contributed by atoms with Crippen molar-refractivity contribution in [1.29, 1.82) is 0 Å². The van der Waals surface area contributed by atoms with E-state index >= 15 is 0 Å². The lowest BCUT2D eigenvalue weighted by atomic mass is 10.0. The number of para-hydroxylation sites is 1. The molecule has 278 valence electrons. The first-order valence-corrected chi connectivity index (χ1v) is 16.2. The van der Waals surface area contributed by atoms with Crippen molar-refractivity contribution in [2.45, 2.75) is 38.0 Å². The van der Waals surface area contributed by atoms with E-state index in [2.05, 4.69) is 36.2 Å². The van der Waals surface area contributed by atoms with E-state index in [4.69, 9.17) is 11.6 Å². The number of carbonyl (C=O) groups excluding carboxylic acids is 4. The smallest absolute Gasteiger partial charge is 0.339 e. The number of hydrogen-bond donors (Lipinski definition) is 4. The fourth-order valence-corrected chi connectivity index (χ4v) is 5.52. The van der Waals surface area contributed by atoms with Crippen LogP contribution in [-0.2, 0) is 27.2 Å². The van der Waals surface area contributed by atoms with Crippen LogP contribution in [0, 0.1) is 5.92 Å². The quantitative estimate of drug-likeness (QED) is 0.122. The number of likely N-dealkylation sites (tertiary alicyclic amines) is 1. The molecule has 53 heavy (non-hydrogen) atoms. The molecule has 2 aliphatic rings. The molecule has 2 aromatic carbocycles. The maximum Gasteiger partial charge on any atom is 0.458 e. The Labute approximate surface area is 302 Å². The minimum absolute atomic E-state index is 0.0726. The maximum atomic E-state index is 13.1. The number of amides is 3. The highest BCUT2D eigenvalue weighted by molar-refractivity contribution is 6.41. The maximum absolute atomic E-state index is 13.1. The number of carbonyl (C=O) groups is 4. The number of benzene rings is 2. The molecular formula is C34H29ClF6N8O4. The number of nitrogens with zero attached hydrogens (tertiary/aromatic N) is 4. The predicted octanol–water partition coefficient (Wildman–Crippen LogP) is 7.24. The number of aryl methyl sites for hydroxylation is 2. The van der Waals surface area contributed by atoms with Crippen molar-refractivity contribution in [2.24, 2.45) is 5.92 Å². The Morgan fingerprint density at radius 3 is 2.26 bits per heavy atom. The number of Topliss-reactive ketones (excluding diaryl/α,β-unsaturated/α-hetero) is 2. The summed E-state index contributed by atoms with van der Waals surface area (Å²) in [5, 5.41) is 12.9. The van der Waals surface area contributed by atoms with E-state index in [0.29, 0.717) is 42.7 Å². The van der Waals surface area contributed by atoms with Crippen LogP contribution in [0.1, 0.15) is 24.0 Å². The second-order valence-electron chi connectivity index (χ2n) is 11.9. The molecule has 4 aromatic rings. The number of ketones is 2. The largest absolute Gasteiger partial charge is 0.458 e. The molecule has 6 bridgehead atoms. The number of anilines is 6. The second-order valence-corrected chi connectivity index (χ2v) is 12.3. The van der Waals surface area contributed by atoms with Gasteiger partial charge >= 0.3 is 30.0 Å². The van der Waals surface area contributed by atoms with Gasteiger partial charge in [-0.3, -0.25) is 19.4 Å². The lowest BCUT2D eigenvalue weighted by molar-refractivity contribution is -0.193. The van der Waals surface area contributed by atoms with Crippen molar-refractivity contribution < 1.29 is 45.5 Å². The Morgan fingerprint density at radius 1 is 0.849 bits per heavy atom. The number of hydrogen-bond acceptors (Lipinski definition) is 9. The molecule has 4 heterocycles. The number of nitrogens with one attached hydrogen (secondary N) is 4.